The molecule has 0 aliphatic carbocycles. The molecular formula is C13H9N5O3. The minimum Gasteiger partial charge on any atom is -0.320 e. The van der Waals surface area contributed by atoms with Gasteiger partial charge in [0.15, 0.2) is 0 Å². The predicted molar refractivity (Wildman–Crippen MR) is 74.9 cm³/mol. The quantitative estimate of drug-likeness (QED) is 0.564. The first kappa shape index (κ1) is 12.7. The highest BCUT2D eigenvalue weighted by Crippen LogP contribution is 2.22. The lowest BCUT2D eigenvalue weighted by Crippen LogP contribution is -2.14. The molecule has 3 rings (SSSR count). The van der Waals surface area contributed by atoms with E-state index in [-0.39, 0.29) is 11.3 Å². The summed E-state index contributed by atoms with van der Waals surface area (Å²) < 4.78 is 0. The number of H-pyrrole nitrogens is 1. The van der Waals surface area contributed by atoms with Crippen LogP contribution in [0, 0.1) is 10.1 Å². The van der Waals surface area contributed by atoms with Crippen molar-refractivity contribution < 1.29 is 9.72 Å². The van der Waals surface area contributed by atoms with Crippen LogP contribution in [0.1, 0.15) is 10.4 Å². The van der Waals surface area contributed by atoms with E-state index in [1.165, 1.54) is 18.2 Å². The first-order chi connectivity index (χ1) is 10.2. The van der Waals surface area contributed by atoms with E-state index >= 15 is 0 Å². The number of hydrogen-bond acceptors (Lipinski definition) is 5. The fourth-order valence-electron chi connectivity index (χ4n) is 1.98. The van der Waals surface area contributed by atoms with E-state index in [0.717, 1.165) is 0 Å². The molecule has 0 aliphatic rings. The highest BCUT2D eigenvalue weighted by atomic mass is 16.6. The normalized spacial score (nSPS) is 10.5. The van der Waals surface area contributed by atoms with Crippen molar-refractivity contribution in [3.05, 3.63) is 58.1 Å². The van der Waals surface area contributed by atoms with Crippen molar-refractivity contribution in [3.8, 4) is 0 Å². The summed E-state index contributed by atoms with van der Waals surface area (Å²) in [6.07, 6.45) is 0. The Morgan fingerprint density at radius 1 is 1.14 bits per heavy atom. The molecule has 8 nitrogen and oxygen atoms in total. The molecule has 8 heteroatoms. The van der Waals surface area contributed by atoms with Gasteiger partial charge in [-0.25, -0.2) is 0 Å². The molecule has 0 fully saturated rings. The molecule has 0 bridgehead atoms. The van der Waals surface area contributed by atoms with Gasteiger partial charge in [0.2, 0.25) is 0 Å². The van der Waals surface area contributed by atoms with Crippen LogP contribution in [0.4, 0.5) is 11.4 Å². The molecular weight excluding hydrogens is 274 g/mol. The Kier molecular flexibility index (Phi) is 3.03. The van der Waals surface area contributed by atoms with Crippen LogP contribution in [0.25, 0.3) is 11.0 Å². The maximum atomic E-state index is 12.2. The number of nitrogens with one attached hydrogen (secondary N) is 2. The van der Waals surface area contributed by atoms with Gasteiger partial charge in [-0.15, -0.1) is 0 Å². The van der Waals surface area contributed by atoms with Gasteiger partial charge in [0.05, 0.1) is 10.6 Å². The Hall–Kier alpha value is -3.29. The first-order valence-corrected chi connectivity index (χ1v) is 6.01. The topological polar surface area (TPSA) is 114 Å². The molecule has 2 aromatic carbocycles. The molecule has 3 aromatic rings. The Labute approximate surface area is 117 Å². The lowest BCUT2D eigenvalue weighted by atomic mass is 10.1. The summed E-state index contributed by atoms with van der Waals surface area (Å²) in [5.74, 6) is -0.571. The second-order valence-corrected chi connectivity index (χ2v) is 4.23. The maximum absolute atomic E-state index is 12.2. The van der Waals surface area contributed by atoms with Gasteiger partial charge in [0.1, 0.15) is 16.6 Å². The second-order valence-electron chi connectivity index (χ2n) is 4.23. The predicted octanol–water partition coefficient (Wildman–Crippen LogP) is 2.12. The van der Waals surface area contributed by atoms with E-state index in [0.29, 0.717) is 16.7 Å². The lowest BCUT2D eigenvalue weighted by molar-refractivity contribution is -0.385. The lowest BCUT2D eigenvalue weighted by Gasteiger charge is -2.05. The SMILES string of the molecule is O=C(Nc1cccc2n[nH]nc12)c1ccccc1[N+](=O)[O-]. The van der Waals surface area contributed by atoms with E-state index < -0.39 is 10.8 Å². The molecule has 104 valence electrons. The molecule has 2 N–H and O–H groups in total. The van der Waals surface area contributed by atoms with Gasteiger partial charge in [0, 0.05) is 6.07 Å². The highest BCUT2D eigenvalue weighted by molar-refractivity contribution is 6.09. The summed E-state index contributed by atoms with van der Waals surface area (Å²) in [5.41, 5.74) is 1.26. The number of nitro groups is 1. The fourth-order valence-corrected chi connectivity index (χ4v) is 1.98. The highest BCUT2D eigenvalue weighted by Gasteiger charge is 2.20. The molecule has 1 heterocycles. The number of carbonyl (C=O) groups excluding carboxylic acids is 1. The smallest absolute Gasteiger partial charge is 0.282 e. The van der Waals surface area contributed by atoms with Gasteiger partial charge < -0.3 is 5.32 Å². The number of fused-ring (bicyclic) bond motifs is 1. The molecule has 0 spiro atoms. The van der Waals surface area contributed by atoms with Crippen LogP contribution in [-0.4, -0.2) is 26.2 Å². The van der Waals surface area contributed by atoms with Crippen molar-refractivity contribution in [1.82, 2.24) is 15.4 Å². The largest absolute Gasteiger partial charge is 0.320 e. The number of rotatable bonds is 3. The van der Waals surface area contributed by atoms with Crippen molar-refractivity contribution >= 4 is 28.3 Å². The van der Waals surface area contributed by atoms with Crippen molar-refractivity contribution in [2.75, 3.05) is 5.32 Å². The van der Waals surface area contributed by atoms with Crippen LogP contribution in [0.5, 0.6) is 0 Å². The van der Waals surface area contributed by atoms with Crippen molar-refractivity contribution in [1.29, 1.82) is 0 Å². The first-order valence-electron chi connectivity index (χ1n) is 6.01. The summed E-state index contributed by atoms with van der Waals surface area (Å²) >= 11 is 0. The summed E-state index contributed by atoms with van der Waals surface area (Å²) in [5, 5.41) is 23.9. The summed E-state index contributed by atoms with van der Waals surface area (Å²) in [7, 11) is 0. The Balaban J connectivity index is 1.97. The van der Waals surface area contributed by atoms with Gasteiger partial charge in [-0.05, 0) is 18.2 Å². The van der Waals surface area contributed by atoms with Crippen LogP contribution in [0.2, 0.25) is 0 Å². The van der Waals surface area contributed by atoms with Crippen LogP contribution in [-0.2, 0) is 0 Å². The molecule has 1 amide bonds. The van der Waals surface area contributed by atoms with Gasteiger partial charge in [-0.1, -0.05) is 18.2 Å². The van der Waals surface area contributed by atoms with Crippen LogP contribution in [0.15, 0.2) is 42.5 Å². The number of benzene rings is 2. The molecule has 0 atom stereocenters. The average molecular weight is 283 g/mol. The molecule has 0 saturated heterocycles. The number of para-hydroxylation sites is 2. The Bertz CT molecular complexity index is 842. The third-order valence-corrected chi connectivity index (χ3v) is 2.94. The zero-order valence-corrected chi connectivity index (χ0v) is 10.6. The van der Waals surface area contributed by atoms with E-state index in [1.54, 1.807) is 24.3 Å². The fraction of sp³-hybridized carbons (Fsp3) is 0. The molecule has 0 radical (unpaired) electrons. The number of aromatic nitrogens is 3. The van der Waals surface area contributed by atoms with Crippen LogP contribution < -0.4 is 5.32 Å². The maximum Gasteiger partial charge on any atom is 0.282 e. The zero-order valence-electron chi connectivity index (χ0n) is 10.6. The molecule has 1 aromatic heterocycles. The van der Waals surface area contributed by atoms with Gasteiger partial charge in [-0.3, -0.25) is 14.9 Å². The molecule has 0 saturated carbocycles. The second kappa shape index (κ2) is 5.00. The number of nitrogens with zero attached hydrogens (tertiary/aromatic N) is 3. The summed E-state index contributed by atoms with van der Waals surface area (Å²) in [6, 6.07) is 10.9. The van der Waals surface area contributed by atoms with E-state index in [9.17, 15) is 14.9 Å². The number of carbonyl (C=O) groups is 1. The van der Waals surface area contributed by atoms with Gasteiger partial charge in [0.25, 0.3) is 11.6 Å². The van der Waals surface area contributed by atoms with Crippen molar-refractivity contribution in [2.24, 2.45) is 0 Å². The van der Waals surface area contributed by atoms with E-state index in [2.05, 4.69) is 20.7 Å². The van der Waals surface area contributed by atoms with Gasteiger partial charge in [-0.2, -0.15) is 15.4 Å². The Morgan fingerprint density at radius 3 is 2.76 bits per heavy atom. The molecule has 0 aliphatic heterocycles. The number of aromatic amines is 1. The summed E-state index contributed by atoms with van der Waals surface area (Å²) in [6.45, 7) is 0. The zero-order chi connectivity index (χ0) is 14.8. The Morgan fingerprint density at radius 2 is 1.95 bits per heavy atom. The third kappa shape index (κ3) is 2.29. The van der Waals surface area contributed by atoms with Crippen LogP contribution in [0.3, 0.4) is 0 Å². The summed E-state index contributed by atoms with van der Waals surface area (Å²) in [4.78, 5) is 22.6. The van der Waals surface area contributed by atoms with Gasteiger partial charge >= 0.3 is 0 Å². The number of amides is 1. The minimum atomic E-state index is -0.592. The minimum absolute atomic E-state index is 0.0111. The number of anilines is 1. The third-order valence-electron chi connectivity index (χ3n) is 2.94. The average Bonchev–Trinajstić information content (AvgIpc) is 2.96. The number of hydrogen-bond donors (Lipinski definition) is 2. The number of nitro benzene ring substituents is 1. The monoisotopic (exact) mass is 283 g/mol. The molecule has 21 heavy (non-hydrogen) atoms. The standard InChI is InChI=1S/C13H9N5O3/c19-13(8-4-1-2-7-11(8)18(20)21)14-9-5-3-6-10-12(9)16-17-15-10/h1-7H,(H,14,19)(H,15,16,17). The van der Waals surface area contributed by atoms with E-state index in [1.807, 2.05) is 0 Å². The molecule has 0 unspecified atom stereocenters. The van der Waals surface area contributed by atoms with Crippen LogP contribution >= 0.6 is 0 Å². The van der Waals surface area contributed by atoms with Crippen molar-refractivity contribution in [3.63, 3.8) is 0 Å². The van der Waals surface area contributed by atoms with Crippen molar-refractivity contribution in [2.45, 2.75) is 0 Å². The van der Waals surface area contributed by atoms with E-state index in [4.69, 9.17) is 0 Å².